The lowest BCUT2D eigenvalue weighted by molar-refractivity contribution is 0.0952. The highest BCUT2D eigenvalue weighted by Crippen LogP contribution is 2.21. The molecule has 18 heavy (non-hydrogen) atoms. The van der Waals surface area contributed by atoms with Crippen LogP contribution >= 0.6 is 39.3 Å². The summed E-state index contributed by atoms with van der Waals surface area (Å²) in [6.07, 6.45) is 5.50. The third-order valence-electron chi connectivity index (χ3n) is 2.49. The molecular weight excluding hydrogens is 334 g/mol. The Morgan fingerprint density at radius 3 is 2.83 bits per heavy atom. The zero-order chi connectivity index (χ0) is 13.4. The summed E-state index contributed by atoms with van der Waals surface area (Å²) in [5, 5.41) is 3.54. The number of carbonyl (C=O) groups excluding carboxylic acids is 1. The summed E-state index contributed by atoms with van der Waals surface area (Å²) in [4.78, 5) is 11.9. The van der Waals surface area contributed by atoms with Crippen LogP contribution in [0, 0.1) is 0 Å². The number of benzene rings is 1. The molecule has 1 aromatic rings. The van der Waals surface area contributed by atoms with Crippen LogP contribution in [0.15, 0.2) is 22.7 Å². The number of hydrogen-bond donors (Lipinski definition) is 1. The fraction of sp³-hybridized carbons (Fsp3) is 0.462. The Hall–Kier alpha value is -0.190. The number of nitrogens with one attached hydrogen (secondary N) is 1. The highest BCUT2D eigenvalue weighted by molar-refractivity contribution is 9.10. The van der Waals surface area contributed by atoms with Crippen LogP contribution in [0.3, 0.4) is 0 Å². The fourth-order valence-corrected chi connectivity index (χ4v) is 2.87. The van der Waals surface area contributed by atoms with Crippen molar-refractivity contribution in [2.75, 3.05) is 18.6 Å². The number of amides is 1. The summed E-state index contributed by atoms with van der Waals surface area (Å²) in [5.41, 5.74) is 0.628. The molecule has 100 valence electrons. The molecule has 5 heteroatoms. The summed E-state index contributed by atoms with van der Waals surface area (Å²) in [5.74, 6) is 1.14. The third-order valence-corrected chi connectivity index (χ3v) is 4.07. The van der Waals surface area contributed by atoms with E-state index in [9.17, 15) is 4.79 Å². The van der Waals surface area contributed by atoms with Crippen molar-refractivity contribution in [3.05, 3.63) is 33.3 Å². The van der Waals surface area contributed by atoms with Crippen molar-refractivity contribution in [2.45, 2.75) is 19.3 Å². The maximum absolute atomic E-state index is 11.9. The molecule has 0 unspecified atom stereocenters. The van der Waals surface area contributed by atoms with Gasteiger partial charge in [-0.25, -0.2) is 0 Å². The van der Waals surface area contributed by atoms with E-state index in [1.54, 1.807) is 18.2 Å². The van der Waals surface area contributed by atoms with Gasteiger partial charge in [0.25, 0.3) is 5.91 Å². The van der Waals surface area contributed by atoms with Crippen molar-refractivity contribution in [1.82, 2.24) is 5.32 Å². The Balaban J connectivity index is 2.32. The molecule has 0 saturated carbocycles. The van der Waals surface area contributed by atoms with Crippen molar-refractivity contribution in [3.8, 4) is 0 Å². The lowest BCUT2D eigenvalue weighted by Crippen LogP contribution is -2.24. The lowest BCUT2D eigenvalue weighted by atomic mass is 10.2. The average Bonchev–Trinajstić information content (AvgIpc) is 2.33. The second-order valence-corrected chi connectivity index (χ2v) is 6.21. The first kappa shape index (κ1) is 15.9. The highest BCUT2D eigenvalue weighted by atomic mass is 79.9. The van der Waals surface area contributed by atoms with E-state index in [2.05, 4.69) is 27.5 Å². The Labute approximate surface area is 126 Å². The van der Waals surface area contributed by atoms with Gasteiger partial charge >= 0.3 is 0 Å². The van der Waals surface area contributed by atoms with Crippen molar-refractivity contribution in [1.29, 1.82) is 0 Å². The topological polar surface area (TPSA) is 29.1 Å². The third kappa shape index (κ3) is 5.63. The van der Waals surface area contributed by atoms with E-state index in [0.29, 0.717) is 10.6 Å². The van der Waals surface area contributed by atoms with Gasteiger partial charge in [-0.3, -0.25) is 4.79 Å². The number of halogens is 2. The first-order chi connectivity index (χ1) is 8.65. The Morgan fingerprint density at radius 1 is 1.39 bits per heavy atom. The van der Waals surface area contributed by atoms with Gasteiger partial charge in [0.2, 0.25) is 0 Å². The summed E-state index contributed by atoms with van der Waals surface area (Å²) in [7, 11) is 0. The summed E-state index contributed by atoms with van der Waals surface area (Å²) in [6, 6.07) is 5.18. The number of rotatable bonds is 7. The van der Waals surface area contributed by atoms with Crippen molar-refractivity contribution >= 4 is 45.2 Å². The minimum Gasteiger partial charge on any atom is -0.352 e. The van der Waals surface area contributed by atoms with Gasteiger partial charge < -0.3 is 5.32 Å². The number of carbonyl (C=O) groups is 1. The molecule has 0 heterocycles. The smallest absolute Gasteiger partial charge is 0.252 e. The molecule has 1 rings (SSSR count). The van der Waals surface area contributed by atoms with Gasteiger partial charge in [-0.15, -0.1) is 0 Å². The van der Waals surface area contributed by atoms with Crippen LogP contribution in [0.2, 0.25) is 5.02 Å². The zero-order valence-electron chi connectivity index (χ0n) is 10.3. The molecule has 1 amide bonds. The number of thioether (sulfide) groups is 1. The monoisotopic (exact) mass is 349 g/mol. The van der Waals surface area contributed by atoms with E-state index < -0.39 is 0 Å². The predicted molar refractivity (Wildman–Crippen MR) is 83.7 cm³/mol. The second-order valence-electron chi connectivity index (χ2n) is 3.93. The first-order valence-electron chi connectivity index (χ1n) is 5.87. The van der Waals surface area contributed by atoms with Crippen LogP contribution in [0.5, 0.6) is 0 Å². The fourth-order valence-electron chi connectivity index (χ4n) is 1.52. The molecule has 1 N–H and O–H groups in total. The van der Waals surface area contributed by atoms with Gasteiger partial charge in [-0.2, -0.15) is 11.8 Å². The van der Waals surface area contributed by atoms with E-state index in [-0.39, 0.29) is 5.91 Å². The van der Waals surface area contributed by atoms with Gasteiger partial charge in [0, 0.05) is 16.0 Å². The van der Waals surface area contributed by atoms with Crippen LogP contribution in [-0.2, 0) is 0 Å². The molecule has 0 radical (unpaired) electrons. The van der Waals surface area contributed by atoms with Gasteiger partial charge in [0.05, 0.1) is 5.56 Å². The van der Waals surface area contributed by atoms with E-state index in [4.69, 9.17) is 11.6 Å². The Kier molecular flexibility index (Phi) is 7.79. The molecule has 2 nitrogen and oxygen atoms in total. The maximum atomic E-state index is 11.9. The van der Waals surface area contributed by atoms with Gasteiger partial charge in [-0.05, 0) is 59.0 Å². The van der Waals surface area contributed by atoms with Gasteiger partial charge in [-0.1, -0.05) is 18.0 Å². The standard InChI is InChI=1S/C13H17BrClNOS/c1-18-8-4-2-3-7-16-13(17)11-6-5-10(15)9-12(11)14/h5-6,9H,2-4,7-8H2,1H3,(H,16,17). The molecule has 0 atom stereocenters. The molecule has 0 aliphatic rings. The molecule has 0 aliphatic heterocycles. The van der Waals surface area contributed by atoms with E-state index >= 15 is 0 Å². The van der Waals surface area contributed by atoms with E-state index in [0.717, 1.165) is 23.9 Å². The molecule has 0 aliphatic carbocycles. The van der Waals surface area contributed by atoms with Crippen molar-refractivity contribution < 1.29 is 4.79 Å². The maximum Gasteiger partial charge on any atom is 0.252 e. The average molecular weight is 351 g/mol. The van der Waals surface area contributed by atoms with Crippen molar-refractivity contribution in [2.24, 2.45) is 0 Å². The summed E-state index contributed by atoms with van der Waals surface area (Å²) in [6.45, 7) is 0.724. The molecule has 0 aromatic heterocycles. The highest BCUT2D eigenvalue weighted by Gasteiger charge is 2.09. The van der Waals surface area contributed by atoms with Gasteiger partial charge in [0.1, 0.15) is 0 Å². The largest absolute Gasteiger partial charge is 0.352 e. The van der Waals surface area contributed by atoms with Crippen LogP contribution in [0.25, 0.3) is 0 Å². The van der Waals surface area contributed by atoms with Crippen LogP contribution in [0.4, 0.5) is 0 Å². The molecular formula is C13H17BrClNOS. The molecule has 0 saturated heterocycles. The Morgan fingerprint density at radius 2 is 2.17 bits per heavy atom. The van der Waals surface area contributed by atoms with Crippen LogP contribution < -0.4 is 5.32 Å². The SMILES string of the molecule is CSCCCCCNC(=O)c1ccc(Cl)cc1Br. The van der Waals surface area contributed by atoms with Crippen LogP contribution in [-0.4, -0.2) is 24.5 Å². The molecule has 0 bridgehead atoms. The zero-order valence-corrected chi connectivity index (χ0v) is 13.5. The minimum atomic E-state index is -0.0524. The lowest BCUT2D eigenvalue weighted by Gasteiger charge is -2.07. The quantitative estimate of drug-likeness (QED) is 0.740. The molecule has 0 spiro atoms. The predicted octanol–water partition coefficient (Wildman–Crippen LogP) is 4.37. The molecule has 0 fully saturated rings. The van der Waals surface area contributed by atoms with Crippen molar-refractivity contribution in [3.63, 3.8) is 0 Å². The van der Waals surface area contributed by atoms with E-state index in [1.165, 1.54) is 12.2 Å². The summed E-state index contributed by atoms with van der Waals surface area (Å²) < 4.78 is 0.731. The van der Waals surface area contributed by atoms with Crippen LogP contribution in [0.1, 0.15) is 29.6 Å². The number of hydrogen-bond acceptors (Lipinski definition) is 2. The Bertz CT molecular complexity index is 401. The molecule has 1 aromatic carbocycles. The first-order valence-corrected chi connectivity index (χ1v) is 8.44. The number of unbranched alkanes of at least 4 members (excludes halogenated alkanes) is 2. The summed E-state index contributed by atoms with van der Waals surface area (Å²) >= 11 is 11.0. The minimum absolute atomic E-state index is 0.0524. The second kappa shape index (κ2) is 8.83. The van der Waals surface area contributed by atoms with Gasteiger partial charge in [0.15, 0.2) is 0 Å². The van der Waals surface area contributed by atoms with E-state index in [1.807, 2.05) is 11.8 Å². The normalized spacial score (nSPS) is 10.4.